The molecule has 0 radical (unpaired) electrons. The molecule has 2 aliphatic heterocycles. The van der Waals surface area contributed by atoms with E-state index in [1.54, 1.807) is 6.07 Å². The Hall–Kier alpha value is -2.07. The van der Waals surface area contributed by atoms with E-state index in [4.69, 9.17) is 0 Å². The minimum absolute atomic E-state index is 0.162. The Kier molecular flexibility index (Phi) is 3.93. The summed E-state index contributed by atoms with van der Waals surface area (Å²) in [6.07, 6.45) is 1.22. The van der Waals surface area contributed by atoms with Crippen LogP contribution in [0.5, 0.6) is 0 Å². The third-order valence-corrected chi connectivity index (χ3v) is 5.41. The lowest BCUT2D eigenvalue weighted by molar-refractivity contribution is 0.114. The largest absolute Gasteiger partial charge is 0.378 e. The second-order valence-electron chi connectivity index (χ2n) is 7.45. The summed E-state index contributed by atoms with van der Waals surface area (Å²) < 4.78 is 2.00. The highest BCUT2D eigenvalue weighted by Crippen LogP contribution is 2.35. The van der Waals surface area contributed by atoms with Crippen molar-refractivity contribution in [3.05, 3.63) is 64.1 Å². The zero-order chi connectivity index (χ0) is 16.7. The van der Waals surface area contributed by atoms with Crippen molar-refractivity contribution in [3.8, 4) is 0 Å². The summed E-state index contributed by atoms with van der Waals surface area (Å²) in [4.78, 5) is 16.8. The van der Waals surface area contributed by atoms with Gasteiger partial charge in [0.15, 0.2) is 0 Å². The van der Waals surface area contributed by atoms with Crippen molar-refractivity contribution < 1.29 is 0 Å². The second-order valence-corrected chi connectivity index (χ2v) is 7.45. The van der Waals surface area contributed by atoms with Crippen molar-refractivity contribution in [1.29, 1.82) is 0 Å². The number of benzene rings is 1. The zero-order valence-electron chi connectivity index (χ0n) is 14.5. The molecule has 1 fully saturated rings. The average molecular weight is 323 g/mol. The monoisotopic (exact) mass is 323 g/mol. The van der Waals surface area contributed by atoms with E-state index in [0.29, 0.717) is 11.8 Å². The Bertz CT molecular complexity index is 778. The summed E-state index contributed by atoms with van der Waals surface area (Å²) in [6.45, 7) is 4.02. The van der Waals surface area contributed by atoms with Crippen LogP contribution in [0.4, 0.5) is 5.69 Å². The first kappa shape index (κ1) is 15.5. The molecule has 1 aromatic carbocycles. The van der Waals surface area contributed by atoms with E-state index in [1.807, 2.05) is 10.6 Å². The Labute approximate surface area is 143 Å². The highest BCUT2D eigenvalue weighted by atomic mass is 16.1. The maximum atomic E-state index is 12.1. The van der Waals surface area contributed by atoms with Gasteiger partial charge in [-0.15, -0.1) is 0 Å². The molecule has 2 bridgehead atoms. The molecule has 0 amide bonds. The minimum atomic E-state index is 0.162. The van der Waals surface area contributed by atoms with Crippen LogP contribution in [0.2, 0.25) is 0 Å². The van der Waals surface area contributed by atoms with Crippen LogP contribution >= 0.6 is 0 Å². The molecule has 1 saturated heterocycles. The standard InChI is InChI=1S/C20H25N3O/c1-21(2)18-8-6-15(7-9-18)11-22-12-16-10-17(14-22)19-4-3-5-20(24)23(19)13-16/h3-9,16-17H,10-14H2,1-2H3/t16-,17-/m0/s1. The van der Waals surface area contributed by atoms with Crippen LogP contribution in [0.15, 0.2) is 47.3 Å². The molecule has 0 N–H and O–H groups in total. The van der Waals surface area contributed by atoms with E-state index in [0.717, 1.165) is 26.2 Å². The number of fused-ring (bicyclic) bond motifs is 4. The number of anilines is 1. The van der Waals surface area contributed by atoms with Crippen molar-refractivity contribution in [2.75, 3.05) is 32.1 Å². The highest BCUT2D eigenvalue weighted by Gasteiger charge is 2.34. The molecule has 24 heavy (non-hydrogen) atoms. The first-order chi connectivity index (χ1) is 11.6. The van der Waals surface area contributed by atoms with Gasteiger partial charge in [-0.2, -0.15) is 0 Å². The number of rotatable bonds is 3. The third kappa shape index (κ3) is 2.86. The van der Waals surface area contributed by atoms with E-state index in [-0.39, 0.29) is 5.56 Å². The lowest BCUT2D eigenvalue weighted by Crippen LogP contribution is -2.46. The van der Waals surface area contributed by atoms with E-state index in [9.17, 15) is 4.79 Å². The molecule has 2 aromatic rings. The lowest BCUT2D eigenvalue weighted by atomic mass is 9.83. The first-order valence-corrected chi connectivity index (χ1v) is 8.78. The van der Waals surface area contributed by atoms with Crippen LogP contribution in [-0.2, 0) is 13.1 Å². The molecule has 4 rings (SSSR count). The minimum Gasteiger partial charge on any atom is -0.378 e. The lowest BCUT2D eigenvalue weighted by Gasteiger charge is -2.42. The van der Waals surface area contributed by atoms with Gasteiger partial charge >= 0.3 is 0 Å². The van der Waals surface area contributed by atoms with Gasteiger partial charge in [0, 0.05) is 63.6 Å². The quantitative estimate of drug-likeness (QED) is 0.869. The predicted molar refractivity (Wildman–Crippen MR) is 97.6 cm³/mol. The molecule has 4 nitrogen and oxygen atoms in total. The van der Waals surface area contributed by atoms with E-state index in [1.165, 1.54) is 23.4 Å². The Balaban J connectivity index is 1.51. The van der Waals surface area contributed by atoms with Crippen molar-refractivity contribution in [2.45, 2.75) is 25.4 Å². The summed E-state index contributed by atoms with van der Waals surface area (Å²) in [6, 6.07) is 14.6. The second kappa shape index (κ2) is 6.10. The molecule has 0 spiro atoms. The van der Waals surface area contributed by atoms with E-state index in [2.05, 4.69) is 54.2 Å². The van der Waals surface area contributed by atoms with Crippen LogP contribution < -0.4 is 10.5 Å². The number of aromatic nitrogens is 1. The van der Waals surface area contributed by atoms with Crippen LogP contribution in [0, 0.1) is 5.92 Å². The molecule has 2 atom stereocenters. The van der Waals surface area contributed by atoms with Gasteiger partial charge in [0.1, 0.15) is 0 Å². The molecule has 0 unspecified atom stereocenters. The first-order valence-electron chi connectivity index (χ1n) is 8.78. The SMILES string of the molecule is CN(C)c1ccc(CN2C[C@@H]3C[C@@H](C2)c2cccc(=O)n2C3)cc1. The van der Waals surface area contributed by atoms with Gasteiger partial charge in [-0.25, -0.2) is 0 Å². The van der Waals surface area contributed by atoms with Crippen LogP contribution in [-0.4, -0.2) is 36.7 Å². The van der Waals surface area contributed by atoms with Gasteiger partial charge in [0.05, 0.1) is 0 Å². The Morgan fingerprint density at radius 2 is 1.83 bits per heavy atom. The summed E-state index contributed by atoms with van der Waals surface area (Å²) in [5.41, 5.74) is 4.00. The number of nitrogens with zero attached hydrogens (tertiary/aromatic N) is 3. The molecule has 0 saturated carbocycles. The zero-order valence-corrected chi connectivity index (χ0v) is 14.5. The Morgan fingerprint density at radius 1 is 1.04 bits per heavy atom. The van der Waals surface area contributed by atoms with Crippen LogP contribution in [0.3, 0.4) is 0 Å². The fourth-order valence-electron chi connectivity index (χ4n) is 4.28. The molecule has 126 valence electrons. The maximum Gasteiger partial charge on any atom is 0.250 e. The fraction of sp³-hybridized carbons (Fsp3) is 0.450. The van der Waals surface area contributed by atoms with E-state index < -0.39 is 0 Å². The number of piperidine rings is 1. The molecular formula is C20H25N3O. The molecular weight excluding hydrogens is 298 g/mol. The average Bonchev–Trinajstić information content (AvgIpc) is 2.56. The topological polar surface area (TPSA) is 28.5 Å². The summed E-state index contributed by atoms with van der Waals surface area (Å²) >= 11 is 0. The summed E-state index contributed by atoms with van der Waals surface area (Å²) in [5.74, 6) is 1.09. The smallest absolute Gasteiger partial charge is 0.250 e. The molecule has 2 aliphatic rings. The molecule has 1 aromatic heterocycles. The number of hydrogen-bond acceptors (Lipinski definition) is 3. The summed E-state index contributed by atoms with van der Waals surface area (Å²) in [7, 11) is 4.14. The van der Waals surface area contributed by atoms with Crippen LogP contribution in [0.25, 0.3) is 0 Å². The number of hydrogen-bond donors (Lipinski definition) is 0. The maximum absolute atomic E-state index is 12.1. The van der Waals surface area contributed by atoms with Gasteiger partial charge in [0.25, 0.3) is 5.56 Å². The van der Waals surface area contributed by atoms with Crippen molar-refractivity contribution in [2.24, 2.45) is 5.92 Å². The third-order valence-electron chi connectivity index (χ3n) is 5.41. The number of likely N-dealkylation sites (tertiary alicyclic amines) is 1. The molecule has 3 heterocycles. The van der Waals surface area contributed by atoms with Gasteiger partial charge in [-0.1, -0.05) is 18.2 Å². The summed E-state index contributed by atoms with van der Waals surface area (Å²) in [5, 5.41) is 0. The Morgan fingerprint density at radius 3 is 2.58 bits per heavy atom. The number of pyridine rings is 1. The molecule has 0 aliphatic carbocycles. The van der Waals surface area contributed by atoms with Gasteiger partial charge in [-0.05, 0) is 36.1 Å². The normalized spacial score (nSPS) is 22.9. The van der Waals surface area contributed by atoms with E-state index >= 15 is 0 Å². The highest BCUT2D eigenvalue weighted by molar-refractivity contribution is 5.46. The van der Waals surface area contributed by atoms with Crippen molar-refractivity contribution in [1.82, 2.24) is 9.47 Å². The van der Waals surface area contributed by atoms with Gasteiger partial charge in [-0.3, -0.25) is 9.69 Å². The van der Waals surface area contributed by atoms with Gasteiger partial charge in [0.2, 0.25) is 0 Å². The predicted octanol–water partition coefficient (Wildman–Crippen LogP) is 2.53. The van der Waals surface area contributed by atoms with Crippen molar-refractivity contribution in [3.63, 3.8) is 0 Å². The fourth-order valence-corrected chi connectivity index (χ4v) is 4.28. The van der Waals surface area contributed by atoms with Gasteiger partial charge < -0.3 is 9.47 Å². The van der Waals surface area contributed by atoms with Crippen LogP contribution in [0.1, 0.15) is 23.6 Å². The molecule has 4 heteroatoms. The van der Waals surface area contributed by atoms with Crippen molar-refractivity contribution >= 4 is 5.69 Å².